The number of carbonyl (C=O) groups is 1. The molecule has 0 aliphatic rings. The lowest BCUT2D eigenvalue weighted by Gasteiger charge is -1.97. The van der Waals surface area contributed by atoms with Crippen LogP contribution in [0.4, 0.5) is 0 Å². The van der Waals surface area contributed by atoms with Gasteiger partial charge in [0, 0.05) is 12.7 Å². The average Bonchev–Trinajstić information content (AvgIpc) is 2.96. The number of aromatic nitrogens is 2. The number of hydrogen-bond acceptors (Lipinski definition) is 3. The zero-order valence-corrected chi connectivity index (χ0v) is 9.78. The van der Waals surface area contributed by atoms with Gasteiger partial charge in [0.2, 0.25) is 0 Å². The smallest absolute Gasteiger partial charge is 0.195 e. The second-order valence-electron chi connectivity index (χ2n) is 3.25. The van der Waals surface area contributed by atoms with Crippen LogP contribution >= 0.6 is 11.3 Å². The minimum Gasteiger partial charge on any atom is -0.288 e. The molecular formula is C12H12N2OS. The third kappa shape index (κ3) is 2.28. The van der Waals surface area contributed by atoms with E-state index in [1.165, 1.54) is 11.3 Å². The van der Waals surface area contributed by atoms with Crippen molar-refractivity contribution in [1.29, 1.82) is 0 Å². The Balaban J connectivity index is 2.13. The molecule has 0 fully saturated rings. The first-order valence-corrected chi connectivity index (χ1v) is 5.97. The third-order valence-electron chi connectivity index (χ3n) is 2.22. The number of nitrogens with zero attached hydrogens (tertiary/aromatic N) is 2. The molecule has 3 nitrogen and oxygen atoms in total. The molecule has 0 aromatic carbocycles. The van der Waals surface area contributed by atoms with Gasteiger partial charge in [0.15, 0.2) is 5.78 Å². The summed E-state index contributed by atoms with van der Waals surface area (Å²) >= 11 is 1.45. The molecule has 0 atom stereocenters. The maximum atomic E-state index is 11.7. The predicted molar refractivity (Wildman–Crippen MR) is 65.6 cm³/mol. The van der Waals surface area contributed by atoms with Crippen LogP contribution in [-0.4, -0.2) is 15.6 Å². The molecule has 0 spiro atoms. The zero-order valence-electron chi connectivity index (χ0n) is 8.96. The minimum absolute atomic E-state index is 0.0406. The lowest BCUT2D eigenvalue weighted by atomic mass is 10.2. The number of thiophene rings is 1. The first kappa shape index (κ1) is 10.8. The van der Waals surface area contributed by atoms with Gasteiger partial charge in [-0.3, -0.25) is 9.48 Å². The van der Waals surface area contributed by atoms with E-state index in [1.54, 1.807) is 18.3 Å². The zero-order chi connectivity index (χ0) is 11.4. The van der Waals surface area contributed by atoms with E-state index in [1.807, 2.05) is 35.2 Å². The maximum Gasteiger partial charge on any atom is 0.195 e. The van der Waals surface area contributed by atoms with Crippen LogP contribution in [0.25, 0.3) is 6.08 Å². The fraction of sp³-hybridized carbons (Fsp3) is 0.167. The van der Waals surface area contributed by atoms with E-state index >= 15 is 0 Å². The second kappa shape index (κ2) is 4.90. The maximum absolute atomic E-state index is 11.7. The van der Waals surface area contributed by atoms with Gasteiger partial charge in [-0.15, -0.1) is 11.3 Å². The molecule has 4 heteroatoms. The highest BCUT2D eigenvalue weighted by Gasteiger charge is 2.02. The summed E-state index contributed by atoms with van der Waals surface area (Å²) in [6.07, 6.45) is 5.13. The summed E-state index contributed by atoms with van der Waals surface area (Å²) in [5.74, 6) is 0.0406. The van der Waals surface area contributed by atoms with Crippen molar-refractivity contribution in [1.82, 2.24) is 9.78 Å². The van der Waals surface area contributed by atoms with Crippen molar-refractivity contribution >= 4 is 23.2 Å². The fourth-order valence-corrected chi connectivity index (χ4v) is 2.06. The number of hydrogen-bond donors (Lipinski definition) is 0. The van der Waals surface area contributed by atoms with Crippen molar-refractivity contribution in [3.05, 3.63) is 46.4 Å². The quantitative estimate of drug-likeness (QED) is 0.600. The Morgan fingerprint density at radius 3 is 3.12 bits per heavy atom. The molecule has 82 valence electrons. The van der Waals surface area contributed by atoms with Gasteiger partial charge in [-0.05, 0) is 36.6 Å². The number of carbonyl (C=O) groups excluding carboxylic acids is 1. The lowest BCUT2D eigenvalue weighted by molar-refractivity contribution is 0.105. The summed E-state index contributed by atoms with van der Waals surface area (Å²) in [4.78, 5) is 12.5. The molecule has 0 aliphatic heterocycles. The van der Waals surface area contributed by atoms with Gasteiger partial charge >= 0.3 is 0 Å². The van der Waals surface area contributed by atoms with Crippen molar-refractivity contribution < 1.29 is 4.79 Å². The summed E-state index contributed by atoms with van der Waals surface area (Å²) < 4.78 is 1.85. The molecule has 0 aliphatic carbocycles. The molecule has 2 heterocycles. The largest absolute Gasteiger partial charge is 0.288 e. The topological polar surface area (TPSA) is 34.9 Å². The summed E-state index contributed by atoms with van der Waals surface area (Å²) in [5, 5.41) is 6.03. The normalized spacial score (nSPS) is 11.1. The Labute approximate surface area is 98.0 Å². The molecule has 0 saturated heterocycles. The Hall–Kier alpha value is -1.68. The van der Waals surface area contributed by atoms with E-state index in [0.29, 0.717) is 0 Å². The van der Waals surface area contributed by atoms with Crippen molar-refractivity contribution in [2.45, 2.75) is 13.5 Å². The van der Waals surface area contributed by atoms with E-state index < -0.39 is 0 Å². The predicted octanol–water partition coefficient (Wildman–Crippen LogP) is 2.86. The molecule has 16 heavy (non-hydrogen) atoms. The molecule has 0 saturated carbocycles. The van der Waals surface area contributed by atoms with E-state index in [4.69, 9.17) is 0 Å². The van der Waals surface area contributed by atoms with Crippen LogP contribution in [0.15, 0.2) is 35.9 Å². The van der Waals surface area contributed by atoms with Crippen LogP contribution in [0.5, 0.6) is 0 Å². The fourth-order valence-electron chi connectivity index (χ4n) is 1.41. The first-order chi connectivity index (χ1) is 7.81. The molecule has 0 bridgehead atoms. The molecule has 0 unspecified atom stereocenters. The summed E-state index contributed by atoms with van der Waals surface area (Å²) in [6.45, 7) is 2.82. The third-order valence-corrected chi connectivity index (χ3v) is 3.10. The molecule has 2 aromatic heterocycles. The van der Waals surface area contributed by atoms with Crippen LogP contribution in [0.1, 0.15) is 22.3 Å². The number of aryl methyl sites for hydroxylation is 1. The first-order valence-electron chi connectivity index (χ1n) is 5.09. The van der Waals surface area contributed by atoms with Gasteiger partial charge in [-0.1, -0.05) is 6.07 Å². The van der Waals surface area contributed by atoms with Crippen LogP contribution < -0.4 is 0 Å². The second-order valence-corrected chi connectivity index (χ2v) is 4.19. The Morgan fingerprint density at radius 2 is 2.44 bits per heavy atom. The molecule has 2 rings (SSSR count). The highest BCUT2D eigenvalue weighted by atomic mass is 32.1. The lowest BCUT2D eigenvalue weighted by Crippen LogP contribution is -1.98. The monoisotopic (exact) mass is 232 g/mol. The number of rotatable bonds is 4. The molecule has 0 N–H and O–H groups in total. The van der Waals surface area contributed by atoms with Crippen LogP contribution in [-0.2, 0) is 6.54 Å². The molecular weight excluding hydrogens is 220 g/mol. The van der Waals surface area contributed by atoms with Gasteiger partial charge in [0.05, 0.1) is 10.6 Å². The molecule has 0 radical (unpaired) electrons. The number of allylic oxidation sites excluding steroid dienone is 1. The highest BCUT2D eigenvalue weighted by molar-refractivity contribution is 7.12. The molecule has 2 aromatic rings. The van der Waals surface area contributed by atoms with Gasteiger partial charge < -0.3 is 0 Å². The van der Waals surface area contributed by atoms with E-state index in [2.05, 4.69) is 5.10 Å². The Kier molecular flexibility index (Phi) is 3.31. The van der Waals surface area contributed by atoms with E-state index in [9.17, 15) is 4.79 Å². The summed E-state index contributed by atoms with van der Waals surface area (Å²) in [5.41, 5.74) is 0.951. The van der Waals surface area contributed by atoms with Gasteiger partial charge in [-0.25, -0.2) is 0 Å². The SMILES string of the molecule is CCn1nccc1/C=C/C(=O)c1cccs1. The van der Waals surface area contributed by atoms with Gasteiger partial charge in [-0.2, -0.15) is 5.10 Å². The molecule has 0 amide bonds. The summed E-state index contributed by atoms with van der Waals surface area (Å²) in [7, 11) is 0. The standard InChI is InChI=1S/C12H12N2OS/c1-2-14-10(7-8-13-14)5-6-11(15)12-4-3-9-16-12/h3-9H,2H2,1H3/b6-5+. The highest BCUT2D eigenvalue weighted by Crippen LogP contribution is 2.11. The summed E-state index contributed by atoms with van der Waals surface area (Å²) in [6, 6.07) is 5.60. The van der Waals surface area contributed by atoms with E-state index in [-0.39, 0.29) is 5.78 Å². The Bertz CT molecular complexity index is 497. The Morgan fingerprint density at radius 1 is 1.56 bits per heavy atom. The van der Waals surface area contributed by atoms with Gasteiger partial charge in [0.25, 0.3) is 0 Å². The minimum atomic E-state index is 0.0406. The van der Waals surface area contributed by atoms with Crippen molar-refractivity contribution in [2.24, 2.45) is 0 Å². The van der Waals surface area contributed by atoms with Crippen molar-refractivity contribution in [3.8, 4) is 0 Å². The van der Waals surface area contributed by atoms with E-state index in [0.717, 1.165) is 17.1 Å². The van der Waals surface area contributed by atoms with Crippen LogP contribution in [0.2, 0.25) is 0 Å². The van der Waals surface area contributed by atoms with Crippen LogP contribution in [0.3, 0.4) is 0 Å². The van der Waals surface area contributed by atoms with Crippen LogP contribution in [0, 0.1) is 0 Å². The van der Waals surface area contributed by atoms with Crippen molar-refractivity contribution in [2.75, 3.05) is 0 Å². The van der Waals surface area contributed by atoms with Gasteiger partial charge in [0.1, 0.15) is 0 Å². The average molecular weight is 232 g/mol. The number of ketones is 1. The van der Waals surface area contributed by atoms with Crippen molar-refractivity contribution in [3.63, 3.8) is 0 Å².